The minimum absolute atomic E-state index is 0.294. The molecule has 2 N–H and O–H groups in total. The lowest BCUT2D eigenvalue weighted by molar-refractivity contribution is 0.411. The SMILES string of the molecule is COc1ccc(-c2ccc(N)cc2C)c(F)c1. The Morgan fingerprint density at radius 1 is 1.06 bits per heavy atom. The van der Waals surface area contributed by atoms with Gasteiger partial charge in [-0.3, -0.25) is 0 Å². The van der Waals surface area contributed by atoms with E-state index in [2.05, 4.69) is 0 Å². The number of hydrogen-bond donors (Lipinski definition) is 1. The monoisotopic (exact) mass is 231 g/mol. The van der Waals surface area contributed by atoms with E-state index in [1.807, 2.05) is 19.1 Å². The van der Waals surface area contributed by atoms with Crippen LogP contribution in [0.1, 0.15) is 5.56 Å². The zero-order valence-corrected chi connectivity index (χ0v) is 9.83. The molecule has 0 heterocycles. The van der Waals surface area contributed by atoms with Gasteiger partial charge >= 0.3 is 0 Å². The van der Waals surface area contributed by atoms with Gasteiger partial charge in [0.15, 0.2) is 0 Å². The molecule has 0 aliphatic rings. The lowest BCUT2D eigenvalue weighted by atomic mass is 9.99. The van der Waals surface area contributed by atoms with Gasteiger partial charge in [0.1, 0.15) is 11.6 Å². The molecular formula is C14H14FNO. The van der Waals surface area contributed by atoms with E-state index in [0.29, 0.717) is 17.0 Å². The van der Waals surface area contributed by atoms with Crippen LogP contribution < -0.4 is 10.5 Å². The molecule has 0 saturated carbocycles. The summed E-state index contributed by atoms with van der Waals surface area (Å²) < 4.78 is 18.9. The fraction of sp³-hybridized carbons (Fsp3) is 0.143. The molecule has 0 amide bonds. The maximum atomic E-state index is 13.9. The molecular weight excluding hydrogens is 217 g/mol. The first-order valence-corrected chi connectivity index (χ1v) is 5.32. The van der Waals surface area contributed by atoms with Crippen LogP contribution in [0.4, 0.5) is 10.1 Å². The lowest BCUT2D eigenvalue weighted by Gasteiger charge is -2.09. The van der Waals surface area contributed by atoms with Gasteiger partial charge in [-0.15, -0.1) is 0 Å². The second-order valence-electron chi connectivity index (χ2n) is 3.92. The second-order valence-corrected chi connectivity index (χ2v) is 3.92. The normalized spacial score (nSPS) is 10.3. The molecule has 0 bridgehead atoms. The molecule has 2 aromatic rings. The van der Waals surface area contributed by atoms with Gasteiger partial charge in [0.25, 0.3) is 0 Å². The van der Waals surface area contributed by atoms with Gasteiger partial charge < -0.3 is 10.5 Å². The van der Waals surface area contributed by atoms with Crippen molar-refractivity contribution in [2.24, 2.45) is 0 Å². The highest BCUT2D eigenvalue weighted by molar-refractivity contribution is 5.70. The van der Waals surface area contributed by atoms with E-state index in [-0.39, 0.29) is 5.82 Å². The fourth-order valence-corrected chi connectivity index (χ4v) is 1.83. The molecule has 17 heavy (non-hydrogen) atoms. The number of benzene rings is 2. The van der Waals surface area contributed by atoms with Gasteiger partial charge in [0, 0.05) is 17.3 Å². The third-order valence-corrected chi connectivity index (χ3v) is 2.72. The van der Waals surface area contributed by atoms with Crippen LogP contribution in [0.5, 0.6) is 5.75 Å². The number of aryl methyl sites for hydroxylation is 1. The number of nitrogens with two attached hydrogens (primary N) is 1. The highest BCUT2D eigenvalue weighted by Gasteiger charge is 2.08. The maximum absolute atomic E-state index is 13.9. The van der Waals surface area contributed by atoms with Crippen LogP contribution in [0, 0.1) is 12.7 Å². The molecule has 0 unspecified atom stereocenters. The number of rotatable bonds is 2. The van der Waals surface area contributed by atoms with Crippen LogP contribution in [-0.2, 0) is 0 Å². The predicted octanol–water partition coefficient (Wildman–Crippen LogP) is 3.39. The average Bonchev–Trinajstić information content (AvgIpc) is 2.30. The van der Waals surface area contributed by atoms with Crippen molar-refractivity contribution in [1.29, 1.82) is 0 Å². The van der Waals surface area contributed by atoms with Crippen molar-refractivity contribution in [2.75, 3.05) is 12.8 Å². The molecule has 3 heteroatoms. The summed E-state index contributed by atoms with van der Waals surface area (Å²) >= 11 is 0. The first-order chi connectivity index (χ1) is 8.11. The summed E-state index contributed by atoms with van der Waals surface area (Å²) in [5, 5.41) is 0. The highest BCUT2D eigenvalue weighted by atomic mass is 19.1. The molecule has 88 valence electrons. The lowest BCUT2D eigenvalue weighted by Crippen LogP contribution is -1.92. The minimum atomic E-state index is -0.294. The number of ether oxygens (including phenoxy) is 1. The van der Waals surface area contributed by atoms with E-state index in [1.54, 1.807) is 18.2 Å². The number of hydrogen-bond acceptors (Lipinski definition) is 2. The summed E-state index contributed by atoms with van der Waals surface area (Å²) in [4.78, 5) is 0. The van der Waals surface area contributed by atoms with E-state index in [4.69, 9.17) is 10.5 Å². The Hall–Kier alpha value is -2.03. The van der Waals surface area contributed by atoms with Gasteiger partial charge in [-0.05, 0) is 42.3 Å². The summed E-state index contributed by atoms with van der Waals surface area (Å²) in [7, 11) is 1.52. The average molecular weight is 231 g/mol. The van der Waals surface area contributed by atoms with Crippen molar-refractivity contribution in [3.8, 4) is 16.9 Å². The number of methoxy groups -OCH3 is 1. The van der Waals surface area contributed by atoms with Crippen molar-refractivity contribution in [1.82, 2.24) is 0 Å². The molecule has 0 atom stereocenters. The highest BCUT2D eigenvalue weighted by Crippen LogP contribution is 2.29. The van der Waals surface area contributed by atoms with E-state index in [9.17, 15) is 4.39 Å². The largest absolute Gasteiger partial charge is 0.497 e. The second kappa shape index (κ2) is 4.45. The van der Waals surface area contributed by atoms with E-state index in [1.165, 1.54) is 13.2 Å². The quantitative estimate of drug-likeness (QED) is 0.804. The van der Waals surface area contributed by atoms with E-state index >= 15 is 0 Å². The number of halogens is 1. The van der Waals surface area contributed by atoms with Crippen LogP contribution in [0.25, 0.3) is 11.1 Å². The number of anilines is 1. The molecule has 0 aliphatic carbocycles. The number of nitrogen functional groups attached to an aromatic ring is 1. The van der Waals surface area contributed by atoms with Crippen LogP contribution in [-0.4, -0.2) is 7.11 Å². The molecule has 0 fully saturated rings. The Morgan fingerprint density at radius 3 is 2.35 bits per heavy atom. The summed E-state index contributed by atoms with van der Waals surface area (Å²) in [5.41, 5.74) is 8.71. The summed E-state index contributed by atoms with van der Waals surface area (Å²) in [6.07, 6.45) is 0. The van der Waals surface area contributed by atoms with Crippen molar-refractivity contribution >= 4 is 5.69 Å². The Kier molecular flexibility index (Phi) is 3.00. The van der Waals surface area contributed by atoms with E-state index < -0.39 is 0 Å². The van der Waals surface area contributed by atoms with E-state index in [0.717, 1.165) is 11.1 Å². The van der Waals surface area contributed by atoms with Crippen LogP contribution >= 0.6 is 0 Å². The minimum Gasteiger partial charge on any atom is -0.497 e. The van der Waals surface area contributed by atoms with Crippen LogP contribution in [0.2, 0.25) is 0 Å². The zero-order valence-electron chi connectivity index (χ0n) is 9.83. The summed E-state index contributed by atoms with van der Waals surface area (Å²) in [6, 6.07) is 10.3. The van der Waals surface area contributed by atoms with Gasteiger partial charge in [-0.25, -0.2) is 4.39 Å². The Morgan fingerprint density at radius 2 is 1.76 bits per heavy atom. The summed E-state index contributed by atoms with van der Waals surface area (Å²) in [6.45, 7) is 1.91. The Labute approximate surface area is 99.8 Å². The standard InChI is InChI=1S/C14H14FNO/c1-9-7-10(16)3-5-12(9)13-6-4-11(17-2)8-14(13)15/h3-8H,16H2,1-2H3. The van der Waals surface area contributed by atoms with Crippen molar-refractivity contribution in [2.45, 2.75) is 6.92 Å². The fourth-order valence-electron chi connectivity index (χ4n) is 1.83. The van der Waals surface area contributed by atoms with Crippen LogP contribution in [0.3, 0.4) is 0 Å². The first kappa shape index (κ1) is 11.5. The molecule has 2 rings (SSSR count). The molecule has 2 aromatic carbocycles. The molecule has 0 spiro atoms. The van der Waals surface area contributed by atoms with Crippen molar-refractivity contribution in [3.05, 3.63) is 47.8 Å². The molecule has 0 saturated heterocycles. The van der Waals surface area contributed by atoms with Gasteiger partial charge in [0.05, 0.1) is 7.11 Å². The first-order valence-electron chi connectivity index (χ1n) is 5.32. The molecule has 0 aromatic heterocycles. The zero-order chi connectivity index (χ0) is 12.4. The summed E-state index contributed by atoms with van der Waals surface area (Å²) in [5.74, 6) is 0.219. The topological polar surface area (TPSA) is 35.2 Å². The van der Waals surface area contributed by atoms with Crippen LogP contribution in [0.15, 0.2) is 36.4 Å². The van der Waals surface area contributed by atoms with Gasteiger partial charge in [-0.1, -0.05) is 6.07 Å². The Bertz CT molecular complexity index is 552. The third kappa shape index (κ3) is 2.23. The smallest absolute Gasteiger partial charge is 0.134 e. The van der Waals surface area contributed by atoms with Crippen molar-refractivity contribution in [3.63, 3.8) is 0 Å². The van der Waals surface area contributed by atoms with Crippen molar-refractivity contribution < 1.29 is 9.13 Å². The molecule has 0 radical (unpaired) electrons. The maximum Gasteiger partial charge on any atom is 0.134 e. The third-order valence-electron chi connectivity index (χ3n) is 2.72. The molecule has 2 nitrogen and oxygen atoms in total. The molecule has 0 aliphatic heterocycles. The van der Waals surface area contributed by atoms with Gasteiger partial charge in [0.2, 0.25) is 0 Å². The predicted molar refractivity (Wildman–Crippen MR) is 67.5 cm³/mol. The van der Waals surface area contributed by atoms with Gasteiger partial charge in [-0.2, -0.15) is 0 Å². The Balaban J connectivity index is 2.53.